The largest absolute Gasteiger partial charge is 0.345 e. The van der Waals surface area contributed by atoms with Gasteiger partial charge < -0.3 is 9.88 Å². The number of halogens is 1. The number of imidazole rings is 1. The van der Waals surface area contributed by atoms with Gasteiger partial charge in [0.2, 0.25) is 0 Å². The molecule has 1 heterocycles. The second-order valence-electron chi connectivity index (χ2n) is 7.43. The van der Waals surface area contributed by atoms with Crippen LogP contribution in [0.3, 0.4) is 0 Å². The van der Waals surface area contributed by atoms with Gasteiger partial charge >= 0.3 is 0 Å². The van der Waals surface area contributed by atoms with E-state index >= 15 is 0 Å². The predicted octanol–water partition coefficient (Wildman–Crippen LogP) is 5.93. The molecule has 1 amide bonds. The summed E-state index contributed by atoms with van der Waals surface area (Å²) in [5.74, 6) is 0.711. The molecule has 1 aromatic heterocycles. The van der Waals surface area contributed by atoms with Crippen LogP contribution in [0.2, 0.25) is 0 Å². The van der Waals surface area contributed by atoms with Crippen molar-refractivity contribution in [2.45, 2.75) is 13.1 Å². The quantitative estimate of drug-likeness (QED) is 0.346. The van der Waals surface area contributed by atoms with Crippen LogP contribution in [0.1, 0.15) is 21.7 Å². The first kappa shape index (κ1) is 19.5. The van der Waals surface area contributed by atoms with Crippen LogP contribution in [0.5, 0.6) is 0 Å². The normalized spacial score (nSPS) is 11.1. The highest BCUT2D eigenvalue weighted by atomic mass is 79.9. The fraction of sp³-hybridized carbons (Fsp3) is 0.0769. The van der Waals surface area contributed by atoms with E-state index in [0.717, 1.165) is 21.3 Å². The zero-order chi connectivity index (χ0) is 21.2. The van der Waals surface area contributed by atoms with Crippen molar-refractivity contribution in [3.05, 3.63) is 112 Å². The van der Waals surface area contributed by atoms with Crippen LogP contribution in [0.25, 0.3) is 21.8 Å². The molecule has 0 radical (unpaired) electrons. The van der Waals surface area contributed by atoms with Gasteiger partial charge in [-0.05, 0) is 46.7 Å². The maximum Gasteiger partial charge on any atom is 0.251 e. The zero-order valence-corrected chi connectivity index (χ0v) is 18.3. The Bertz CT molecular complexity index is 1400. The minimum Gasteiger partial charge on any atom is -0.345 e. The summed E-state index contributed by atoms with van der Waals surface area (Å²) < 4.78 is 3.07. The van der Waals surface area contributed by atoms with E-state index < -0.39 is 0 Å². The second-order valence-corrected chi connectivity index (χ2v) is 8.35. The summed E-state index contributed by atoms with van der Waals surface area (Å²) in [5, 5.41) is 5.47. The van der Waals surface area contributed by atoms with Crippen molar-refractivity contribution in [1.29, 1.82) is 0 Å². The summed E-state index contributed by atoms with van der Waals surface area (Å²) in [4.78, 5) is 17.5. The number of aromatic nitrogens is 2. The average Bonchev–Trinajstić information content (AvgIpc) is 3.15. The number of benzene rings is 4. The van der Waals surface area contributed by atoms with E-state index in [0.29, 0.717) is 18.7 Å². The lowest BCUT2D eigenvalue weighted by Gasteiger charge is -2.12. The van der Waals surface area contributed by atoms with E-state index in [1.165, 1.54) is 16.3 Å². The molecule has 0 unspecified atom stereocenters. The summed E-state index contributed by atoms with van der Waals surface area (Å²) in [6.07, 6.45) is 0. The van der Waals surface area contributed by atoms with Crippen LogP contribution < -0.4 is 5.32 Å². The van der Waals surface area contributed by atoms with E-state index in [4.69, 9.17) is 4.98 Å². The van der Waals surface area contributed by atoms with Gasteiger partial charge in [0.25, 0.3) is 5.91 Å². The first-order valence-corrected chi connectivity index (χ1v) is 10.9. The Labute approximate surface area is 188 Å². The number of carbonyl (C=O) groups excluding carboxylic acids is 1. The second kappa shape index (κ2) is 8.36. The lowest BCUT2D eigenvalue weighted by molar-refractivity contribution is 0.0949. The predicted molar refractivity (Wildman–Crippen MR) is 128 cm³/mol. The minimum atomic E-state index is -0.120. The first-order chi connectivity index (χ1) is 15.2. The summed E-state index contributed by atoms with van der Waals surface area (Å²) >= 11 is 3.42. The van der Waals surface area contributed by atoms with Crippen molar-refractivity contribution < 1.29 is 4.79 Å². The molecule has 5 heteroatoms. The molecule has 0 aliphatic rings. The molecule has 0 saturated heterocycles. The topological polar surface area (TPSA) is 46.9 Å². The van der Waals surface area contributed by atoms with Crippen molar-refractivity contribution in [1.82, 2.24) is 14.9 Å². The van der Waals surface area contributed by atoms with Gasteiger partial charge in [-0.15, -0.1) is 0 Å². The van der Waals surface area contributed by atoms with Crippen molar-refractivity contribution >= 4 is 43.6 Å². The third-order valence-electron chi connectivity index (χ3n) is 5.44. The maximum absolute atomic E-state index is 12.7. The molecule has 0 saturated carbocycles. The summed E-state index contributed by atoms with van der Waals surface area (Å²) in [6.45, 7) is 1.04. The molecule has 0 spiro atoms. The Morgan fingerprint density at radius 1 is 0.903 bits per heavy atom. The average molecular weight is 470 g/mol. The highest BCUT2D eigenvalue weighted by Crippen LogP contribution is 2.23. The van der Waals surface area contributed by atoms with Gasteiger partial charge in [0, 0.05) is 10.0 Å². The van der Waals surface area contributed by atoms with Gasteiger partial charge in [-0.1, -0.05) is 76.6 Å². The van der Waals surface area contributed by atoms with Gasteiger partial charge in [0.15, 0.2) is 0 Å². The molecule has 4 nitrogen and oxygen atoms in total. The number of amides is 1. The Morgan fingerprint density at radius 3 is 2.58 bits per heavy atom. The number of rotatable bonds is 5. The SMILES string of the molecule is O=C(NCc1nc2ccccc2n1Cc1cccc2ccccc12)c1cccc(Br)c1. The van der Waals surface area contributed by atoms with Gasteiger partial charge in [-0.3, -0.25) is 4.79 Å². The van der Waals surface area contributed by atoms with Crippen LogP contribution in [0, 0.1) is 0 Å². The molecule has 31 heavy (non-hydrogen) atoms. The third kappa shape index (κ3) is 3.97. The Morgan fingerprint density at radius 2 is 1.68 bits per heavy atom. The number of fused-ring (bicyclic) bond motifs is 2. The monoisotopic (exact) mass is 469 g/mol. The Hall–Kier alpha value is -3.44. The van der Waals surface area contributed by atoms with E-state index in [9.17, 15) is 4.79 Å². The highest BCUT2D eigenvalue weighted by Gasteiger charge is 2.14. The molecule has 152 valence electrons. The van der Waals surface area contributed by atoms with Gasteiger partial charge in [0.05, 0.1) is 24.1 Å². The number of hydrogen-bond donors (Lipinski definition) is 1. The molecule has 0 bridgehead atoms. The van der Waals surface area contributed by atoms with Crippen LogP contribution in [0.15, 0.2) is 95.5 Å². The number of carbonyl (C=O) groups is 1. The first-order valence-electron chi connectivity index (χ1n) is 10.1. The van der Waals surface area contributed by atoms with Crippen molar-refractivity contribution in [3.8, 4) is 0 Å². The number of hydrogen-bond acceptors (Lipinski definition) is 2. The van der Waals surface area contributed by atoms with Gasteiger partial charge in [0.1, 0.15) is 5.82 Å². The number of nitrogens with zero attached hydrogens (tertiary/aromatic N) is 2. The molecule has 0 aliphatic heterocycles. The van der Waals surface area contributed by atoms with Gasteiger partial charge in [-0.2, -0.15) is 0 Å². The fourth-order valence-corrected chi connectivity index (χ4v) is 4.33. The summed E-state index contributed by atoms with van der Waals surface area (Å²) in [7, 11) is 0. The molecule has 0 aliphatic carbocycles. The molecular weight excluding hydrogens is 450 g/mol. The molecular formula is C26H20BrN3O. The maximum atomic E-state index is 12.7. The fourth-order valence-electron chi connectivity index (χ4n) is 3.93. The lowest BCUT2D eigenvalue weighted by Crippen LogP contribution is -2.25. The van der Waals surface area contributed by atoms with E-state index in [1.807, 2.05) is 36.4 Å². The molecule has 1 N–H and O–H groups in total. The molecule has 5 aromatic rings. The van der Waals surface area contributed by atoms with E-state index in [1.54, 1.807) is 6.07 Å². The number of para-hydroxylation sites is 2. The smallest absolute Gasteiger partial charge is 0.251 e. The van der Waals surface area contributed by atoms with Crippen molar-refractivity contribution in [3.63, 3.8) is 0 Å². The molecule has 0 atom stereocenters. The highest BCUT2D eigenvalue weighted by molar-refractivity contribution is 9.10. The van der Waals surface area contributed by atoms with Crippen molar-refractivity contribution in [2.75, 3.05) is 0 Å². The molecule has 5 rings (SSSR count). The van der Waals surface area contributed by atoms with E-state index in [-0.39, 0.29) is 5.91 Å². The molecule has 4 aromatic carbocycles. The van der Waals surface area contributed by atoms with Crippen molar-refractivity contribution in [2.24, 2.45) is 0 Å². The standard InChI is InChI=1S/C26H20BrN3O/c27-21-11-6-9-19(15-21)26(31)28-16-25-29-23-13-3-4-14-24(23)30(25)17-20-10-5-8-18-7-1-2-12-22(18)20/h1-15H,16-17H2,(H,28,31). The third-order valence-corrected chi connectivity index (χ3v) is 5.93. The Balaban J connectivity index is 1.49. The minimum absolute atomic E-state index is 0.120. The summed E-state index contributed by atoms with van der Waals surface area (Å²) in [6, 6.07) is 30.2. The van der Waals surface area contributed by atoms with E-state index in [2.05, 4.69) is 74.3 Å². The lowest BCUT2D eigenvalue weighted by atomic mass is 10.0. The van der Waals surface area contributed by atoms with Crippen LogP contribution in [-0.2, 0) is 13.1 Å². The van der Waals surface area contributed by atoms with Crippen LogP contribution >= 0.6 is 15.9 Å². The Kier molecular flexibility index (Phi) is 5.26. The van der Waals surface area contributed by atoms with Gasteiger partial charge in [-0.25, -0.2) is 4.98 Å². The number of nitrogens with one attached hydrogen (secondary N) is 1. The molecule has 0 fully saturated rings. The van der Waals surface area contributed by atoms with Crippen LogP contribution in [0.4, 0.5) is 0 Å². The van der Waals surface area contributed by atoms with Crippen LogP contribution in [-0.4, -0.2) is 15.5 Å². The zero-order valence-electron chi connectivity index (χ0n) is 16.8. The summed E-state index contributed by atoms with van der Waals surface area (Å²) in [5.41, 5.74) is 3.82.